The molecule has 0 atom stereocenters. The molecule has 1 aromatic rings. The van der Waals surface area contributed by atoms with Gasteiger partial charge in [-0.1, -0.05) is 6.58 Å². The third-order valence-corrected chi connectivity index (χ3v) is 3.51. The van der Waals surface area contributed by atoms with Crippen LogP contribution in [0.1, 0.15) is 10.4 Å². The van der Waals surface area contributed by atoms with Gasteiger partial charge in [0.15, 0.2) is 0 Å². The summed E-state index contributed by atoms with van der Waals surface area (Å²) in [5.41, 5.74) is 2.50. The largest absolute Gasteiger partial charge is 0.369 e. The van der Waals surface area contributed by atoms with Gasteiger partial charge in [0, 0.05) is 42.3 Å². The first-order valence-corrected chi connectivity index (χ1v) is 5.86. The first kappa shape index (κ1) is 9.74. The standard InChI is InChI=1S/C11H16N2S/c1-9(11-3-8-14-10(11)2)13-6-4-12-5-7-13/h3,8,12H,1,4-7H2,2H3. The van der Waals surface area contributed by atoms with Crippen molar-refractivity contribution in [3.63, 3.8) is 0 Å². The van der Waals surface area contributed by atoms with Gasteiger partial charge in [-0.3, -0.25) is 0 Å². The Kier molecular flexibility index (Phi) is 2.89. The van der Waals surface area contributed by atoms with Gasteiger partial charge in [-0.05, 0) is 18.4 Å². The molecular formula is C11H16N2S. The average Bonchev–Trinajstić information content (AvgIpc) is 2.65. The van der Waals surface area contributed by atoms with Crippen LogP contribution in [0.15, 0.2) is 18.0 Å². The molecule has 2 rings (SSSR count). The van der Waals surface area contributed by atoms with E-state index in [1.54, 1.807) is 11.3 Å². The number of hydrogen-bond donors (Lipinski definition) is 1. The Balaban J connectivity index is 2.11. The fourth-order valence-corrected chi connectivity index (χ4v) is 2.51. The molecule has 0 unspecified atom stereocenters. The zero-order valence-electron chi connectivity index (χ0n) is 8.55. The van der Waals surface area contributed by atoms with E-state index in [-0.39, 0.29) is 0 Å². The predicted molar refractivity (Wildman–Crippen MR) is 62.5 cm³/mol. The van der Waals surface area contributed by atoms with Crippen LogP contribution < -0.4 is 5.32 Å². The van der Waals surface area contributed by atoms with E-state index in [1.807, 2.05) is 0 Å². The van der Waals surface area contributed by atoms with Crippen molar-refractivity contribution >= 4 is 17.0 Å². The molecule has 2 heterocycles. The van der Waals surface area contributed by atoms with E-state index in [0.717, 1.165) is 26.2 Å². The van der Waals surface area contributed by atoms with Crippen LogP contribution in [0.2, 0.25) is 0 Å². The summed E-state index contributed by atoms with van der Waals surface area (Å²) in [6.45, 7) is 10.6. The zero-order valence-corrected chi connectivity index (χ0v) is 9.36. The quantitative estimate of drug-likeness (QED) is 0.799. The molecule has 0 saturated carbocycles. The summed E-state index contributed by atoms with van der Waals surface area (Å²) in [4.78, 5) is 3.74. The molecule has 1 aliphatic heterocycles. The predicted octanol–water partition coefficient (Wildman–Crippen LogP) is 1.93. The van der Waals surface area contributed by atoms with Gasteiger partial charge in [0.25, 0.3) is 0 Å². The molecule has 3 heteroatoms. The lowest BCUT2D eigenvalue weighted by Gasteiger charge is -2.31. The first-order chi connectivity index (χ1) is 6.79. The molecule has 1 aromatic heterocycles. The van der Waals surface area contributed by atoms with Crippen molar-refractivity contribution < 1.29 is 0 Å². The second-order valence-electron chi connectivity index (χ2n) is 3.57. The van der Waals surface area contributed by atoms with Crippen molar-refractivity contribution in [2.75, 3.05) is 26.2 Å². The number of nitrogens with zero attached hydrogens (tertiary/aromatic N) is 1. The van der Waals surface area contributed by atoms with Crippen LogP contribution in [0.25, 0.3) is 5.70 Å². The molecule has 0 bridgehead atoms. The summed E-state index contributed by atoms with van der Waals surface area (Å²) in [7, 11) is 0. The third-order valence-electron chi connectivity index (χ3n) is 2.67. The van der Waals surface area contributed by atoms with Gasteiger partial charge in [-0.2, -0.15) is 0 Å². The second-order valence-corrected chi connectivity index (χ2v) is 4.69. The van der Waals surface area contributed by atoms with Gasteiger partial charge >= 0.3 is 0 Å². The highest BCUT2D eigenvalue weighted by Crippen LogP contribution is 2.25. The molecule has 1 fully saturated rings. The van der Waals surface area contributed by atoms with Gasteiger partial charge in [0.2, 0.25) is 0 Å². The van der Waals surface area contributed by atoms with E-state index in [0.29, 0.717) is 0 Å². The van der Waals surface area contributed by atoms with Crippen molar-refractivity contribution in [2.24, 2.45) is 0 Å². The van der Waals surface area contributed by atoms with Crippen molar-refractivity contribution in [1.82, 2.24) is 10.2 Å². The van der Waals surface area contributed by atoms with E-state index < -0.39 is 0 Å². The molecule has 1 aliphatic rings. The molecule has 0 radical (unpaired) electrons. The SMILES string of the molecule is C=C(c1ccsc1C)N1CCNCC1. The van der Waals surface area contributed by atoms with Crippen LogP contribution in [0.5, 0.6) is 0 Å². The Labute approximate surface area is 89.2 Å². The number of hydrogen-bond acceptors (Lipinski definition) is 3. The lowest BCUT2D eigenvalue weighted by atomic mass is 10.2. The van der Waals surface area contributed by atoms with Crippen LogP contribution in [0.4, 0.5) is 0 Å². The lowest BCUT2D eigenvalue weighted by Crippen LogP contribution is -2.42. The highest BCUT2D eigenvalue weighted by Gasteiger charge is 2.14. The smallest absolute Gasteiger partial charge is 0.0378 e. The molecule has 2 nitrogen and oxygen atoms in total. The topological polar surface area (TPSA) is 15.3 Å². The summed E-state index contributed by atoms with van der Waals surface area (Å²) in [6.07, 6.45) is 0. The Bertz CT molecular complexity index is 324. The molecule has 1 N–H and O–H groups in total. The van der Waals surface area contributed by atoms with E-state index in [1.165, 1.54) is 16.1 Å². The second kappa shape index (κ2) is 4.15. The zero-order chi connectivity index (χ0) is 9.97. The van der Waals surface area contributed by atoms with Gasteiger partial charge < -0.3 is 10.2 Å². The maximum atomic E-state index is 4.19. The Morgan fingerprint density at radius 2 is 2.21 bits per heavy atom. The van der Waals surface area contributed by atoms with E-state index in [9.17, 15) is 0 Å². The molecule has 0 aliphatic carbocycles. The monoisotopic (exact) mass is 208 g/mol. The summed E-state index contributed by atoms with van der Waals surface area (Å²) in [5, 5.41) is 5.49. The van der Waals surface area contributed by atoms with E-state index in [2.05, 4.69) is 35.2 Å². The minimum absolute atomic E-state index is 1.07. The number of rotatable bonds is 2. The molecule has 76 valence electrons. The summed E-state index contributed by atoms with van der Waals surface area (Å²) in [5.74, 6) is 0. The maximum absolute atomic E-state index is 4.19. The Morgan fingerprint density at radius 3 is 2.79 bits per heavy atom. The number of thiophene rings is 1. The summed E-state index contributed by atoms with van der Waals surface area (Å²) in [6, 6.07) is 2.17. The number of aryl methyl sites for hydroxylation is 1. The van der Waals surface area contributed by atoms with Crippen LogP contribution in [-0.4, -0.2) is 31.1 Å². The van der Waals surface area contributed by atoms with E-state index >= 15 is 0 Å². The molecule has 1 saturated heterocycles. The number of nitrogens with one attached hydrogen (secondary N) is 1. The van der Waals surface area contributed by atoms with Gasteiger partial charge in [-0.15, -0.1) is 11.3 Å². The summed E-state index contributed by atoms with van der Waals surface area (Å²) >= 11 is 1.79. The third kappa shape index (κ3) is 1.83. The lowest BCUT2D eigenvalue weighted by molar-refractivity contribution is 0.341. The van der Waals surface area contributed by atoms with Crippen LogP contribution in [0.3, 0.4) is 0 Å². The molecule has 14 heavy (non-hydrogen) atoms. The minimum Gasteiger partial charge on any atom is -0.369 e. The van der Waals surface area contributed by atoms with Crippen LogP contribution in [0, 0.1) is 6.92 Å². The Hall–Kier alpha value is -0.800. The molecular weight excluding hydrogens is 192 g/mol. The van der Waals surface area contributed by atoms with Crippen molar-refractivity contribution in [3.8, 4) is 0 Å². The van der Waals surface area contributed by atoms with Crippen molar-refractivity contribution in [1.29, 1.82) is 0 Å². The van der Waals surface area contributed by atoms with Crippen LogP contribution in [-0.2, 0) is 0 Å². The van der Waals surface area contributed by atoms with Gasteiger partial charge in [-0.25, -0.2) is 0 Å². The van der Waals surface area contributed by atoms with Gasteiger partial charge in [0.1, 0.15) is 0 Å². The fraction of sp³-hybridized carbons (Fsp3) is 0.455. The highest BCUT2D eigenvalue weighted by molar-refractivity contribution is 7.10. The summed E-state index contributed by atoms with van der Waals surface area (Å²) < 4.78 is 0. The van der Waals surface area contributed by atoms with Crippen molar-refractivity contribution in [2.45, 2.75) is 6.92 Å². The minimum atomic E-state index is 1.07. The first-order valence-electron chi connectivity index (χ1n) is 4.98. The number of piperazine rings is 1. The highest BCUT2D eigenvalue weighted by atomic mass is 32.1. The maximum Gasteiger partial charge on any atom is 0.0378 e. The van der Waals surface area contributed by atoms with E-state index in [4.69, 9.17) is 0 Å². The average molecular weight is 208 g/mol. The molecule has 0 amide bonds. The van der Waals surface area contributed by atoms with Crippen LogP contribution >= 0.6 is 11.3 Å². The molecule has 0 aromatic carbocycles. The molecule has 0 spiro atoms. The Morgan fingerprint density at radius 1 is 1.50 bits per heavy atom. The fourth-order valence-electron chi connectivity index (χ4n) is 1.79. The normalized spacial score (nSPS) is 17.1. The van der Waals surface area contributed by atoms with Gasteiger partial charge in [0.05, 0.1) is 0 Å². The van der Waals surface area contributed by atoms with Crippen molar-refractivity contribution in [3.05, 3.63) is 28.5 Å².